The van der Waals surface area contributed by atoms with Crippen LogP contribution in [0, 0.1) is 11.8 Å². The first kappa shape index (κ1) is 22.2. The molecule has 1 aliphatic rings. The third kappa shape index (κ3) is 7.06. The third-order valence-corrected chi connectivity index (χ3v) is 5.42. The van der Waals surface area contributed by atoms with Crippen molar-refractivity contribution in [3.05, 3.63) is 65.7 Å². The summed E-state index contributed by atoms with van der Waals surface area (Å²) in [5, 5.41) is 3.11. The van der Waals surface area contributed by atoms with Crippen molar-refractivity contribution >= 4 is 6.03 Å². The molecule has 0 unspecified atom stereocenters. The van der Waals surface area contributed by atoms with E-state index in [4.69, 9.17) is 4.74 Å². The molecule has 1 heterocycles. The molecule has 2 aromatic rings. The van der Waals surface area contributed by atoms with Gasteiger partial charge in [-0.1, -0.05) is 56.3 Å². The van der Waals surface area contributed by atoms with Gasteiger partial charge in [-0.3, -0.25) is 0 Å². The molecule has 1 N–H and O–H groups in total. The molecule has 0 saturated carbocycles. The molecule has 1 saturated heterocycles. The second-order valence-corrected chi connectivity index (χ2v) is 8.79. The minimum Gasteiger partial charge on any atom is -0.493 e. The molecule has 1 atom stereocenters. The number of carbonyl (C=O) groups is 1. The number of nitrogens with one attached hydrogen (secondary N) is 1. The highest BCUT2D eigenvalue weighted by Crippen LogP contribution is 2.18. The van der Waals surface area contributed by atoms with Crippen LogP contribution in [-0.2, 0) is 13.1 Å². The Balaban J connectivity index is 1.56. The normalized spacial score (nSPS) is 16.6. The number of likely N-dealkylation sites (tertiary alicyclic amines) is 1. The Labute approximate surface area is 181 Å². The number of urea groups is 1. The van der Waals surface area contributed by atoms with E-state index in [1.54, 1.807) is 0 Å². The number of nitrogens with zero attached hydrogens (tertiary/aromatic N) is 2. The first-order valence-electron chi connectivity index (χ1n) is 11.0. The fourth-order valence-corrected chi connectivity index (χ4v) is 3.77. The van der Waals surface area contributed by atoms with Gasteiger partial charge < -0.3 is 19.9 Å². The number of hydrogen-bond acceptors (Lipinski definition) is 3. The SMILES string of the molecule is CC(C)COc1ccc(CNC(=O)N(Cc2ccccc2)C[C@H]2CCN(C)C2)cc1. The highest BCUT2D eigenvalue weighted by atomic mass is 16.5. The predicted octanol–water partition coefficient (Wildman–Crippen LogP) is 4.38. The van der Waals surface area contributed by atoms with E-state index in [0.717, 1.165) is 42.9 Å². The van der Waals surface area contributed by atoms with Crippen LogP contribution in [0.4, 0.5) is 4.79 Å². The van der Waals surface area contributed by atoms with Crippen LogP contribution >= 0.6 is 0 Å². The average Bonchev–Trinajstić information content (AvgIpc) is 3.16. The van der Waals surface area contributed by atoms with Gasteiger partial charge in [0, 0.05) is 26.2 Å². The minimum absolute atomic E-state index is 0.00598. The highest BCUT2D eigenvalue weighted by molar-refractivity contribution is 5.74. The number of hydrogen-bond donors (Lipinski definition) is 1. The Morgan fingerprint density at radius 3 is 2.50 bits per heavy atom. The molecule has 1 aliphatic heterocycles. The van der Waals surface area contributed by atoms with Crippen molar-refractivity contribution in [2.75, 3.05) is 33.3 Å². The lowest BCUT2D eigenvalue weighted by Gasteiger charge is -2.26. The second kappa shape index (κ2) is 11.0. The molecule has 0 spiro atoms. The lowest BCUT2D eigenvalue weighted by molar-refractivity contribution is 0.184. The summed E-state index contributed by atoms with van der Waals surface area (Å²) >= 11 is 0. The van der Waals surface area contributed by atoms with Crippen LogP contribution in [0.2, 0.25) is 0 Å². The van der Waals surface area contributed by atoms with Crippen LogP contribution in [0.25, 0.3) is 0 Å². The molecule has 2 aromatic carbocycles. The predicted molar refractivity (Wildman–Crippen MR) is 121 cm³/mol. The Bertz CT molecular complexity index is 777. The van der Waals surface area contributed by atoms with Gasteiger partial charge in [0.2, 0.25) is 0 Å². The fourth-order valence-electron chi connectivity index (χ4n) is 3.77. The summed E-state index contributed by atoms with van der Waals surface area (Å²) in [7, 11) is 2.15. The van der Waals surface area contributed by atoms with E-state index in [1.807, 2.05) is 47.4 Å². The summed E-state index contributed by atoms with van der Waals surface area (Å²) < 4.78 is 5.74. The van der Waals surface area contributed by atoms with Crippen molar-refractivity contribution < 1.29 is 9.53 Å². The van der Waals surface area contributed by atoms with Crippen LogP contribution in [0.5, 0.6) is 5.75 Å². The van der Waals surface area contributed by atoms with Crippen LogP contribution in [-0.4, -0.2) is 49.1 Å². The molecule has 2 amide bonds. The Hall–Kier alpha value is -2.53. The van der Waals surface area contributed by atoms with Crippen LogP contribution < -0.4 is 10.1 Å². The molecular formula is C25H35N3O2. The average molecular weight is 410 g/mol. The maximum Gasteiger partial charge on any atom is 0.317 e. The van der Waals surface area contributed by atoms with Crippen molar-refractivity contribution in [3.8, 4) is 5.75 Å². The summed E-state index contributed by atoms with van der Waals surface area (Å²) in [6, 6.07) is 18.2. The standard InChI is InChI=1S/C25H35N3O2/c1-20(2)19-30-24-11-9-21(10-12-24)15-26-25(29)28(17-22-7-5-4-6-8-22)18-23-13-14-27(3)16-23/h4-12,20,23H,13-19H2,1-3H3,(H,26,29)/t23-/m0/s1. The van der Waals surface area contributed by atoms with E-state index in [9.17, 15) is 4.79 Å². The zero-order chi connectivity index (χ0) is 21.3. The lowest BCUT2D eigenvalue weighted by Crippen LogP contribution is -2.42. The summed E-state index contributed by atoms with van der Waals surface area (Å²) in [5.41, 5.74) is 2.23. The summed E-state index contributed by atoms with van der Waals surface area (Å²) in [6.45, 7) is 9.07. The molecule has 0 aromatic heterocycles. The lowest BCUT2D eigenvalue weighted by atomic mass is 10.1. The molecule has 0 aliphatic carbocycles. The van der Waals surface area contributed by atoms with Gasteiger partial charge in [0.1, 0.15) is 5.75 Å². The van der Waals surface area contributed by atoms with Crippen LogP contribution in [0.3, 0.4) is 0 Å². The molecule has 5 nitrogen and oxygen atoms in total. The van der Waals surface area contributed by atoms with Crippen molar-refractivity contribution in [3.63, 3.8) is 0 Å². The van der Waals surface area contributed by atoms with Crippen molar-refractivity contribution in [1.82, 2.24) is 15.1 Å². The molecule has 3 rings (SSSR count). The van der Waals surface area contributed by atoms with Crippen molar-refractivity contribution in [1.29, 1.82) is 0 Å². The minimum atomic E-state index is -0.00598. The van der Waals surface area contributed by atoms with E-state index in [0.29, 0.717) is 31.5 Å². The highest BCUT2D eigenvalue weighted by Gasteiger charge is 2.24. The van der Waals surface area contributed by atoms with Gasteiger partial charge in [-0.15, -0.1) is 0 Å². The molecule has 0 bridgehead atoms. The molecule has 162 valence electrons. The molecule has 1 fully saturated rings. The van der Waals surface area contributed by atoms with E-state index in [1.165, 1.54) is 0 Å². The number of ether oxygens (including phenoxy) is 1. The van der Waals surface area contributed by atoms with Gasteiger partial charge in [-0.05, 0) is 55.1 Å². The number of carbonyl (C=O) groups excluding carboxylic acids is 1. The Morgan fingerprint density at radius 2 is 1.87 bits per heavy atom. The first-order chi connectivity index (χ1) is 14.5. The number of benzene rings is 2. The second-order valence-electron chi connectivity index (χ2n) is 8.79. The zero-order valence-electron chi connectivity index (χ0n) is 18.5. The van der Waals surface area contributed by atoms with Gasteiger partial charge in [-0.2, -0.15) is 0 Å². The smallest absolute Gasteiger partial charge is 0.317 e. The van der Waals surface area contributed by atoms with Gasteiger partial charge in [0.25, 0.3) is 0 Å². The van der Waals surface area contributed by atoms with Crippen LogP contribution in [0.1, 0.15) is 31.4 Å². The van der Waals surface area contributed by atoms with Gasteiger partial charge in [0.15, 0.2) is 0 Å². The van der Waals surface area contributed by atoms with Crippen molar-refractivity contribution in [2.45, 2.75) is 33.4 Å². The fraction of sp³-hybridized carbons (Fsp3) is 0.480. The van der Waals surface area contributed by atoms with Gasteiger partial charge in [0.05, 0.1) is 6.61 Å². The summed E-state index contributed by atoms with van der Waals surface area (Å²) in [5.74, 6) is 1.90. The molecule has 0 radical (unpaired) electrons. The number of rotatable bonds is 9. The van der Waals surface area contributed by atoms with Gasteiger partial charge >= 0.3 is 6.03 Å². The molecular weight excluding hydrogens is 374 g/mol. The Kier molecular flexibility index (Phi) is 8.14. The van der Waals surface area contributed by atoms with Crippen molar-refractivity contribution in [2.24, 2.45) is 11.8 Å². The zero-order valence-corrected chi connectivity index (χ0v) is 18.5. The largest absolute Gasteiger partial charge is 0.493 e. The summed E-state index contributed by atoms with van der Waals surface area (Å²) in [6.07, 6.45) is 1.15. The topological polar surface area (TPSA) is 44.8 Å². The quantitative estimate of drug-likeness (QED) is 0.668. The maximum atomic E-state index is 13.0. The monoisotopic (exact) mass is 409 g/mol. The molecule has 30 heavy (non-hydrogen) atoms. The molecule has 5 heteroatoms. The van der Waals surface area contributed by atoms with E-state index in [-0.39, 0.29) is 6.03 Å². The maximum absolute atomic E-state index is 13.0. The van der Waals surface area contributed by atoms with E-state index in [2.05, 4.69) is 43.2 Å². The summed E-state index contributed by atoms with van der Waals surface area (Å²) in [4.78, 5) is 17.3. The Morgan fingerprint density at radius 1 is 1.13 bits per heavy atom. The van der Waals surface area contributed by atoms with E-state index < -0.39 is 0 Å². The van der Waals surface area contributed by atoms with Crippen LogP contribution in [0.15, 0.2) is 54.6 Å². The van der Waals surface area contributed by atoms with Gasteiger partial charge in [-0.25, -0.2) is 4.79 Å². The first-order valence-corrected chi connectivity index (χ1v) is 11.0. The number of amides is 2. The third-order valence-electron chi connectivity index (χ3n) is 5.42. The van der Waals surface area contributed by atoms with E-state index >= 15 is 0 Å².